The van der Waals surface area contributed by atoms with Gasteiger partial charge in [0, 0.05) is 35.3 Å². The number of rotatable bonds is 7. The van der Waals surface area contributed by atoms with Crippen molar-refractivity contribution in [3.63, 3.8) is 0 Å². The highest BCUT2D eigenvalue weighted by atomic mass is 16.5. The van der Waals surface area contributed by atoms with Crippen molar-refractivity contribution in [1.29, 1.82) is 0 Å². The molecule has 0 aliphatic heterocycles. The second-order valence-electron chi connectivity index (χ2n) is 6.43. The molecule has 0 radical (unpaired) electrons. The second kappa shape index (κ2) is 8.00. The van der Waals surface area contributed by atoms with Gasteiger partial charge in [0.15, 0.2) is 0 Å². The Kier molecular flexibility index (Phi) is 5.10. The molecule has 0 atom stereocenters. The third-order valence-electron chi connectivity index (χ3n) is 4.62. The zero-order chi connectivity index (χ0) is 19.3. The van der Waals surface area contributed by atoms with Gasteiger partial charge in [-0.2, -0.15) is 9.97 Å². The van der Waals surface area contributed by atoms with E-state index in [1.54, 1.807) is 14.2 Å². The van der Waals surface area contributed by atoms with Gasteiger partial charge in [-0.3, -0.25) is 0 Å². The second-order valence-corrected chi connectivity index (χ2v) is 6.43. The first kappa shape index (κ1) is 17.9. The van der Waals surface area contributed by atoms with E-state index in [1.807, 2.05) is 36.5 Å². The van der Waals surface area contributed by atoms with Crippen LogP contribution in [-0.2, 0) is 6.42 Å². The minimum absolute atomic E-state index is 0.346. The Bertz CT molecular complexity index is 1070. The summed E-state index contributed by atoms with van der Waals surface area (Å²) < 4.78 is 10.5. The van der Waals surface area contributed by atoms with E-state index in [0.717, 1.165) is 46.7 Å². The first-order valence-electron chi connectivity index (χ1n) is 9.12. The van der Waals surface area contributed by atoms with E-state index in [4.69, 9.17) is 9.47 Å². The average Bonchev–Trinajstić information content (AvgIpc) is 3.22. The quantitative estimate of drug-likeness (QED) is 0.505. The Morgan fingerprint density at radius 1 is 0.929 bits per heavy atom. The topological polar surface area (TPSA) is 72.1 Å². The highest BCUT2D eigenvalue weighted by molar-refractivity contribution is 5.84. The third kappa shape index (κ3) is 3.91. The van der Waals surface area contributed by atoms with Crippen LogP contribution in [0.3, 0.4) is 0 Å². The van der Waals surface area contributed by atoms with Crippen LogP contribution >= 0.6 is 0 Å². The van der Waals surface area contributed by atoms with Crippen LogP contribution in [0.25, 0.3) is 22.2 Å². The maximum absolute atomic E-state index is 5.30. The predicted molar refractivity (Wildman–Crippen MR) is 111 cm³/mol. The number of ether oxygens (including phenoxy) is 2. The average molecular weight is 374 g/mol. The van der Waals surface area contributed by atoms with Crippen molar-refractivity contribution in [2.75, 3.05) is 26.1 Å². The van der Waals surface area contributed by atoms with Crippen molar-refractivity contribution in [2.24, 2.45) is 0 Å². The van der Waals surface area contributed by atoms with Crippen molar-refractivity contribution >= 4 is 16.7 Å². The molecule has 0 aliphatic carbocycles. The number of anilines is 1. The molecular formula is C22H22N4O2. The van der Waals surface area contributed by atoms with Crippen LogP contribution in [0.1, 0.15) is 5.56 Å². The number of hydrogen-bond donors (Lipinski definition) is 2. The first-order chi connectivity index (χ1) is 13.7. The maximum Gasteiger partial charge on any atom is 0.318 e. The molecule has 0 unspecified atom stereocenters. The van der Waals surface area contributed by atoms with Crippen molar-refractivity contribution in [3.8, 4) is 23.0 Å². The summed E-state index contributed by atoms with van der Waals surface area (Å²) in [5.74, 6) is 1.60. The van der Waals surface area contributed by atoms with Gasteiger partial charge in [-0.15, -0.1) is 0 Å². The summed E-state index contributed by atoms with van der Waals surface area (Å²) in [7, 11) is 3.25. The zero-order valence-electron chi connectivity index (χ0n) is 15.9. The Balaban J connectivity index is 1.51. The molecule has 0 bridgehead atoms. The number of H-pyrrole nitrogens is 1. The lowest BCUT2D eigenvalue weighted by Gasteiger charge is -2.10. The van der Waals surface area contributed by atoms with Gasteiger partial charge in [0.05, 0.1) is 19.9 Å². The smallest absolute Gasteiger partial charge is 0.318 e. The normalized spacial score (nSPS) is 10.8. The van der Waals surface area contributed by atoms with Gasteiger partial charge in [-0.25, -0.2) is 0 Å². The van der Waals surface area contributed by atoms with E-state index in [9.17, 15) is 0 Å². The zero-order valence-corrected chi connectivity index (χ0v) is 15.9. The number of nitrogens with one attached hydrogen (secondary N) is 2. The summed E-state index contributed by atoms with van der Waals surface area (Å²) in [6, 6.07) is 18.6. The summed E-state index contributed by atoms with van der Waals surface area (Å²) in [4.78, 5) is 12.1. The third-order valence-corrected chi connectivity index (χ3v) is 4.62. The molecule has 0 fully saturated rings. The summed E-state index contributed by atoms with van der Waals surface area (Å²) in [6.07, 6.45) is 2.81. The summed E-state index contributed by atoms with van der Waals surface area (Å²) in [5, 5.41) is 4.51. The monoisotopic (exact) mass is 374 g/mol. The molecular weight excluding hydrogens is 352 g/mol. The maximum atomic E-state index is 5.30. The largest absolute Gasteiger partial charge is 0.497 e. The highest BCUT2D eigenvalue weighted by Crippen LogP contribution is 2.25. The lowest BCUT2D eigenvalue weighted by molar-refractivity contribution is 0.381. The van der Waals surface area contributed by atoms with Gasteiger partial charge >= 0.3 is 6.01 Å². The van der Waals surface area contributed by atoms with Gasteiger partial charge in [-0.05, 0) is 42.3 Å². The molecule has 0 amide bonds. The van der Waals surface area contributed by atoms with Gasteiger partial charge in [0.2, 0.25) is 0 Å². The Morgan fingerprint density at radius 3 is 2.57 bits per heavy atom. The minimum atomic E-state index is 0.346. The molecule has 0 saturated heterocycles. The van der Waals surface area contributed by atoms with Crippen LogP contribution in [0, 0.1) is 0 Å². The SMILES string of the molecule is COc1ccc(CCNc2cc(-c3ccc4[nH]ccc4c3)nc(OC)n2)cc1. The molecule has 2 heterocycles. The lowest BCUT2D eigenvalue weighted by Crippen LogP contribution is -2.08. The fraction of sp³-hybridized carbons (Fsp3) is 0.182. The van der Waals surface area contributed by atoms with Gasteiger partial charge in [0.25, 0.3) is 0 Å². The van der Waals surface area contributed by atoms with Crippen LogP contribution in [0.15, 0.2) is 60.8 Å². The molecule has 2 N–H and O–H groups in total. The van der Waals surface area contributed by atoms with Crippen LogP contribution in [-0.4, -0.2) is 35.7 Å². The van der Waals surface area contributed by atoms with E-state index in [2.05, 4.69) is 44.5 Å². The summed E-state index contributed by atoms with van der Waals surface area (Å²) in [6.45, 7) is 0.753. The van der Waals surface area contributed by atoms with E-state index in [0.29, 0.717) is 6.01 Å². The number of fused-ring (bicyclic) bond motifs is 1. The fourth-order valence-corrected chi connectivity index (χ4v) is 3.09. The Hall–Kier alpha value is -3.54. The van der Waals surface area contributed by atoms with E-state index in [1.165, 1.54) is 5.56 Å². The Labute approximate surface area is 163 Å². The minimum Gasteiger partial charge on any atom is -0.497 e. The van der Waals surface area contributed by atoms with Crippen molar-refractivity contribution < 1.29 is 9.47 Å². The van der Waals surface area contributed by atoms with Crippen molar-refractivity contribution in [2.45, 2.75) is 6.42 Å². The van der Waals surface area contributed by atoms with Gasteiger partial charge < -0.3 is 19.8 Å². The van der Waals surface area contributed by atoms with Crippen LogP contribution in [0.4, 0.5) is 5.82 Å². The Morgan fingerprint density at radius 2 is 1.79 bits per heavy atom. The molecule has 0 spiro atoms. The van der Waals surface area contributed by atoms with E-state index in [-0.39, 0.29) is 0 Å². The first-order valence-corrected chi connectivity index (χ1v) is 9.12. The molecule has 4 rings (SSSR count). The molecule has 4 aromatic rings. The lowest BCUT2D eigenvalue weighted by atomic mass is 10.1. The summed E-state index contributed by atoms with van der Waals surface area (Å²) in [5.41, 5.74) is 4.17. The number of aromatic amines is 1. The molecule has 28 heavy (non-hydrogen) atoms. The van der Waals surface area contributed by atoms with Crippen LogP contribution in [0.5, 0.6) is 11.8 Å². The predicted octanol–water partition coefficient (Wildman–Crippen LogP) is 4.30. The number of hydrogen-bond acceptors (Lipinski definition) is 5. The number of benzene rings is 2. The number of methoxy groups -OCH3 is 2. The van der Waals surface area contributed by atoms with Crippen molar-refractivity contribution in [3.05, 3.63) is 66.4 Å². The molecule has 0 aliphatic rings. The van der Waals surface area contributed by atoms with E-state index < -0.39 is 0 Å². The molecule has 142 valence electrons. The molecule has 6 heteroatoms. The molecule has 6 nitrogen and oxygen atoms in total. The van der Waals surface area contributed by atoms with Crippen LogP contribution < -0.4 is 14.8 Å². The molecule has 2 aromatic carbocycles. The van der Waals surface area contributed by atoms with E-state index >= 15 is 0 Å². The highest BCUT2D eigenvalue weighted by Gasteiger charge is 2.08. The van der Waals surface area contributed by atoms with Crippen LogP contribution in [0.2, 0.25) is 0 Å². The standard InChI is InChI=1S/C22H22N4O2/c1-27-18-6-3-15(4-7-18)9-11-24-21-14-20(25-22(26-21)28-2)16-5-8-19-17(13-16)10-12-23-19/h3-8,10,12-14,23H,9,11H2,1-2H3,(H,24,25,26). The molecule has 0 saturated carbocycles. The van der Waals surface area contributed by atoms with Gasteiger partial charge in [-0.1, -0.05) is 18.2 Å². The van der Waals surface area contributed by atoms with Crippen molar-refractivity contribution in [1.82, 2.24) is 15.0 Å². The fourth-order valence-electron chi connectivity index (χ4n) is 3.09. The molecule has 2 aromatic heterocycles. The van der Waals surface area contributed by atoms with Gasteiger partial charge in [0.1, 0.15) is 11.6 Å². The summed E-state index contributed by atoms with van der Waals surface area (Å²) >= 11 is 0. The number of nitrogens with zero attached hydrogens (tertiary/aromatic N) is 2. The number of aromatic nitrogens is 3.